The van der Waals surface area contributed by atoms with Crippen molar-refractivity contribution in [3.63, 3.8) is 0 Å². The first-order valence-electron chi connectivity index (χ1n) is 9.35. The lowest BCUT2D eigenvalue weighted by Gasteiger charge is -2.37. The van der Waals surface area contributed by atoms with Gasteiger partial charge in [-0.3, -0.25) is 14.5 Å². The first kappa shape index (κ1) is 19.7. The number of rotatable bonds is 7. The number of anilines is 2. The average Bonchev–Trinajstić information content (AvgIpc) is 2.68. The van der Waals surface area contributed by atoms with Gasteiger partial charge < -0.3 is 20.4 Å². The van der Waals surface area contributed by atoms with Crippen LogP contribution in [0, 0.1) is 5.92 Å². The number of aromatic hydroxyl groups is 1. The molecule has 0 aliphatic carbocycles. The fourth-order valence-electron chi connectivity index (χ4n) is 3.39. The third kappa shape index (κ3) is 5.47. The zero-order valence-corrected chi connectivity index (χ0v) is 15.6. The van der Waals surface area contributed by atoms with E-state index in [2.05, 4.69) is 27.2 Å². The van der Waals surface area contributed by atoms with E-state index < -0.39 is 11.9 Å². The van der Waals surface area contributed by atoms with Crippen molar-refractivity contribution in [3.05, 3.63) is 54.6 Å². The van der Waals surface area contributed by atoms with Crippen molar-refractivity contribution in [3.8, 4) is 5.75 Å². The molecule has 0 radical (unpaired) electrons. The Kier molecular flexibility index (Phi) is 6.49. The Labute approximate surface area is 164 Å². The number of carboxylic acids is 1. The van der Waals surface area contributed by atoms with Gasteiger partial charge in [0.1, 0.15) is 5.75 Å². The summed E-state index contributed by atoms with van der Waals surface area (Å²) in [4.78, 5) is 28.3. The minimum atomic E-state index is -0.975. The first-order valence-corrected chi connectivity index (χ1v) is 9.35. The second-order valence-electron chi connectivity index (χ2n) is 6.96. The Balaban J connectivity index is 1.51. The molecule has 3 N–H and O–H groups in total. The van der Waals surface area contributed by atoms with Gasteiger partial charge in [0.2, 0.25) is 5.91 Å². The molecular weight excluding hydrogens is 358 g/mol. The van der Waals surface area contributed by atoms with E-state index in [-0.39, 0.29) is 18.1 Å². The molecule has 2 aromatic carbocycles. The normalized spacial score (nSPS) is 15.8. The predicted molar refractivity (Wildman–Crippen MR) is 108 cm³/mol. The zero-order chi connectivity index (χ0) is 19.9. The quantitative estimate of drug-likeness (QED) is 0.679. The lowest BCUT2D eigenvalue weighted by molar-refractivity contribution is -0.144. The number of hydrogen-bond donors (Lipinski definition) is 3. The number of phenols is 1. The Hall–Kier alpha value is -3.06. The molecule has 1 aliphatic heterocycles. The summed E-state index contributed by atoms with van der Waals surface area (Å²) < 4.78 is 0. The van der Waals surface area contributed by atoms with Gasteiger partial charge in [-0.15, -0.1) is 0 Å². The van der Waals surface area contributed by atoms with Crippen molar-refractivity contribution in [1.29, 1.82) is 0 Å². The van der Waals surface area contributed by atoms with Gasteiger partial charge in [0.25, 0.3) is 0 Å². The molecule has 1 amide bonds. The topological polar surface area (TPSA) is 93.1 Å². The van der Waals surface area contributed by atoms with Crippen molar-refractivity contribution in [2.75, 3.05) is 42.9 Å². The average molecular weight is 383 g/mol. The van der Waals surface area contributed by atoms with E-state index in [1.54, 1.807) is 12.1 Å². The van der Waals surface area contributed by atoms with Crippen LogP contribution in [0.25, 0.3) is 0 Å². The van der Waals surface area contributed by atoms with Crippen LogP contribution in [0.15, 0.2) is 54.6 Å². The number of amides is 1. The van der Waals surface area contributed by atoms with Gasteiger partial charge in [0.05, 0.1) is 5.92 Å². The van der Waals surface area contributed by atoms with E-state index >= 15 is 0 Å². The third-order valence-electron chi connectivity index (χ3n) is 4.88. The van der Waals surface area contributed by atoms with Crippen LogP contribution < -0.4 is 10.2 Å². The lowest BCUT2D eigenvalue weighted by atomic mass is 10.0. The SMILES string of the molecule is O=C(C[C@@H](CN1CCN(c2ccccc2)CC1)C(=O)O)Nc1cccc(O)c1. The summed E-state index contributed by atoms with van der Waals surface area (Å²) >= 11 is 0. The number of carboxylic acid groups (broad SMARTS) is 1. The number of hydrogen-bond acceptors (Lipinski definition) is 5. The standard InChI is InChI=1S/C21H25N3O4/c25-19-8-4-5-17(14-19)22-20(26)13-16(21(27)28)15-23-9-11-24(12-10-23)18-6-2-1-3-7-18/h1-8,14,16,25H,9-13,15H2,(H,22,26)(H,27,28)/t16-/m0/s1. The van der Waals surface area contributed by atoms with Crippen LogP contribution in [0.1, 0.15) is 6.42 Å². The second-order valence-corrected chi connectivity index (χ2v) is 6.96. The highest BCUT2D eigenvalue weighted by molar-refractivity contribution is 5.93. The van der Waals surface area contributed by atoms with Gasteiger partial charge in [-0.1, -0.05) is 24.3 Å². The minimum Gasteiger partial charge on any atom is -0.508 e. The van der Waals surface area contributed by atoms with Gasteiger partial charge in [0.15, 0.2) is 0 Å². The highest BCUT2D eigenvalue weighted by Gasteiger charge is 2.26. The zero-order valence-electron chi connectivity index (χ0n) is 15.6. The highest BCUT2D eigenvalue weighted by Crippen LogP contribution is 2.18. The molecule has 0 spiro atoms. The van der Waals surface area contributed by atoms with Gasteiger partial charge in [-0.2, -0.15) is 0 Å². The van der Waals surface area contributed by atoms with E-state index in [9.17, 15) is 19.8 Å². The van der Waals surface area contributed by atoms with Crippen molar-refractivity contribution in [2.24, 2.45) is 5.92 Å². The molecule has 148 valence electrons. The van der Waals surface area contributed by atoms with Crippen LogP contribution in [0.5, 0.6) is 5.75 Å². The van der Waals surface area contributed by atoms with Crippen molar-refractivity contribution >= 4 is 23.3 Å². The van der Waals surface area contributed by atoms with E-state index in [0.29, 0.717) is 12.2 Å². The van der Waals surface area contributed by atoms with Crippen LogP contribution in [0.4, 0.5) is 11.4 Å². The van der Waals surface area contributed by atoms with E-state index in [1.807, 2.05) is 18.2 Å². The monoisotopic (exact) mass is 383 g/mol. The number of phenolic OH excluding ortho intramolecular Hbond substituents is 1. The molecule has 1 heterocycles. The fraction of sp³-hybridized carbons (Fsp3) is 0.333. The number of nitrogens with one attached hydrogen (secondary N) is 1. The van der Waals surface area contributed by atoms with Crippen LogP contribution in [-0.2, 0) is 9.59 Å². The van der Waals surface area contributed by atoms with Gasteiger partial charge in [-0.05, 0) is 24.3 Å². The molecule has 1 saturated heterocycles. The van der Waals surface area contributed by atoms with E-state index in [4.69, 9.17) is 0 Å². The number of aliphatic carboxylic acids is 1. The number of carbonyl (C=O) groups is 2. The molecule has 0 aromatic heterocycles. The summed E-state index contributed by atoms with van der Waals surface area (Å²) in [6.45, 7) is 3.50. The molecule has 0 saturated carbocycles. The molecule has 28 heavy (non-hydrogen) atoms. The van der Waals surface area contributed by atoms with Crippen molar-refractivity contribution < 1.29 is 19.8 Å². The lowest BCUT2D eigenvalue weighted by Crippen LogP contribution is -2.48. The van der Waals surface area contributed by atoms with Gasteiger partial charge >= 0.3 is 5.97 Å². The maximum Gasteiger partial charge on any atom is 0.308 e. The molecule has 7 heteroatoms. The number of carbonyl (C=O) groups excluding carboxylic acids is 1. The summed E-state index contributed by atoms with van der Waals surface area (Å²) in [6, 6.07) is 16.3. The smallest absolute Gasteiger partial charge is 0.308 e. The van der Waals surface area contributed by atoms with Gasteiger partial charge in [0, 0.05) is 56.6 Å². The van der Waals surface area contributed by atoms with Crippen LogP contribution in [-0.4, -0.2) is 59.7 Å². The second kappa shape index (κ2) is 9.23. The molecule has 1 atom stereocenters. The summed E-state index contributed by atoms with van der Waals surface area (Å²) in [5.41, 5.74) is 1.62. The van der Waals surface area contributed by atoms with Crippen LogP contribution in [0.2, 0.25) is 0 Å². The summed E-state index contributed by atoms with van der Waals surface area (Å²) in [5.74, 6) is -2.08. The Morgan fingerprint density at radius 2 is 1.71 bits per heavy atom. The molecule has 2 aromatic rings. The maximum atomic E-state index is 12.2. The van der Waals surface area contributed by atoms with Crippen molar-refractivity contribution in [2.45, 2.75) is 6.42 Å². The molecule has 0 unspecified atom stereocenters. The molecule has 1 aliphatic rings. The Morgan fingerprint density at radius 1 is 1.00 bits per heavy atom. The summed E-state index contributed by atoms with van der Waals surface area (Å²) in [6.07, 6.45) is -0.107. The minimum absolute atomic E-state index is 0.0453. The van der Waals surface area contributed by atoms with Crippen molar-refractivity contribution in [1.82, 2.24) is 4.90 Å². The first-order chi connectivity index (χ1) is 13.5. The molecule has 1 fully saturated rings. The van der Waals surface area contributed by atoms with E-state index in [1.165, 1.54) is 17.8 Å². The molecule has 3 rings (SSSR count). The largest absolute Gasteiger partial charge is 0.508 e. The van der Waals surface area contributed by atoms with Crippen LogP contribution >= 0.6 is 0 Å². The van der Waals surface area contributed by atoms with E-state index in [0.717, 1.165) is 26.2 Å². The summed E-state index contributed by atoms with van der Waals surface area (Å²) in [7, 11) is 0. The summed E-state index contributed by atoms with van der Waals surface area (Å²) in [5, 5.41) is 21.6. The number of para-hydroxylation sites is 1. The number of nitrogens with zero attached hydrogens (tertiary/aromatic N) is 2. The van der Waals surface area contributed by atoms with Gasteiger partial charge in [-0.25, -0.2) is 0 Å². The molecule has 7 nitrogen and oxygen atoms in total. The third-order valence-corrected chi connectivity index (χ3v) is 4.88. The number of piperazine rings is 1. The highest BCUT2D eigenvalue weighted by atomic mass is 16.4. The predicted octanol–water partition coefficient (Wildman–Crippen LogP) is 2.24. The Morgan fingerprint density at radius 3 is 2.36 bits per heavy atom. The number of benzene rings is 2. The fourth-order valence-corrected chi connectivity index (χ4v) is 3.39. The maximum absolute atomic E-state index is 12.2. The Bertz CT molecular complexity index is 804. The van der Waals surface area contributed by atoms with Crippen LogP contribution in [0.3, 0.4) is 0 Å². The molecular formula is C21H25N3O4. The molecule has 0 bridgehead atoms.